The number of nitrogens with zero attached hydrogens (tertiary/aromatic N) is 1. The van der Waals surface area contributed by atoms with Crippen molar-refractivity contribution in [1.29, 1.82) is 0 Å². The second-order valence-corrected chi connectivity index (χ2v) is 5.94. The van der Waals surface area contributed by atoms with Crippen LogP contribution in [0.4, 0.5) is 0 Å². The zero-order valence-electron chi connectivity index (χ0n) is 9.41. The average molecular weight is 193 g/mol. The molecule has 3 fully saturated rings. The van der Waals surface area contributed by atoms with Gasteiger partial charge in [0.05, 0.1) is 0 Å². The monoisotopic (exact) mass is 193 g/mol. The molecule has 0 aromatic carbocycles. The largest absolute Gasteiger partial charge is 0.300 e. The topological polar surface area (TPSA) is 3.24 Å². The van der Waals surface area contributed by atoms with Gasteiger partial charge in [0, 0.05) is 6.04 Å². The van der Waals surface area contributed by atoms with Crippen molar-refractivity contribution in [3.05, 3.63) is 0 Å². The van der Waals surface area contributed by atoms with Crippen molar-refractivity contribution >= 4 is 0 Å². The zero-order valence-corrected chi connectivity index (χ0v) is 9.41. The maximum atomic E-state index is 2.75. The molecule has 0 amide bonds. The Kier molecular flexibility index (Phi) is 2.31. The first-order chi connectivity index (χ1) is 6.83. The van der Waals surface area contributed by atoms with Gasteiger partial charge >= 0.3 is 0 Å². The van der Waals surface area contributed by atoms with Crippen LogP contribution in [0.15, 0.2) is 0 Å². The van der Waals surface area contributed by atoms with E-state index in [4.69, 9.17) is 0 Å². The van der Waals surface area contributed by atoms with Crippen LogP contribution in [0.3, 0.4) is 0 Å². The highest BCUT2D eigenvalue weighted by atomic mass is 15.2. The van der Waals surface area contributed by atoms with Gasteiger partial charge in [0.2, 0.25) is 0 Å². The molecule has 3 aliphatic rings. The normalized spacial score (nSPS) is 40.9. The molecular formula is C13H23N. The van der Waals surface area contributed by atoms with E-state index in [2.05, 4.69) is 11.8 Å². The maximum absolute atomic E-state index is 2.75. The molecule has 2 aliphatic carbocycles. The molecule has 2 saturated carbocycles. The molecule has 0 unspecified atom stereocenters. The van der Waals surface area contributed by atoms with Gasteiger partial charge in [0.15, 0.2) is 0 Å². The Morgan fingerprint density at radius 3 is 2.00 bits per heavy atom. The lowest BCUT2D eigenvalue weighted by Gasteiger charge is -2.43. The molecule has 0 atom stereocenters. The van der Waals surface area contributed by atoms with Gasteiger partial charge in [-0.05, 0) is 69.4 Å². The van der Waals surface area contributed by atoms with Crippen LogP contribution in [-0.4, -0.2) is 24.0 Å². The molecular weight excluding hydrogens is 170 g/mol. The third kappa shape index (κ3) is 1.71. The molecule has 1 saturated heterocycles. The number of piperidine rings is 1. The molecule has 3 rings (SSSR count). The van der Waals surface area contributed by atoms with Crippen LogP contribution in [0.5, 0.6) is 0 Å². The smallest absolute Gasteiger partial charge is 0.00964 e. The predicted molar refractivity (Wildman–Crippen MR) is 59.2 cm³/mol. The summed E-state index contributed by atoms with van der Waals surface area (Å²) >= 11 is 0. The molecule has 0 N–H and O–H groups in total. The molecule has 1 heterocycles. The minimum Gasteiger partial charge on any atom is -0.300 e. The molecule has 0 aromatic rings. The molecule has 1 nitrogen and oxygen atoms in total. The molecule has 0 spiro atoms. The Labute approximate surface area is 87.9 Å². The van der Waals surface area contributed by atoms with E-state index in [9.17, 15) is 0 Å². The summed E-state index contributed by atoms with van der Waals surface area (Å²) in [5.41, 5.74) is 0. The van der Waals surface area contributed by atoms with Gasteiger partial charge in [-0.25, -0.2) is 0 Å². The first-order valence-electron chi connectivity index (χ1n) is 6.57. The fourth-order valence-corrected chi connectivity index (χ4v) is 3.55. The second-order valence-electron chi connectivity index (χ2n) is 5.94. The highest BCUT2D eigenvalue weighted by Crippen LogP contribution is 2.43. The molecule has 0 bridgehead atoms. The zero-order chi connectivity index (χ0) is 9.54. The Morgan fingerprint density at radius 2 is 1.50 bits per heavy atom. The summed E-state index contributed by atoms with van der Waals surface area (Å²) in [6.45, 7) is 5.25. The SMILES string of the molecule is C[C@H]1C[C@H](C2CCN(C3CC3)CC2)C1. The van der Waals surface area contributed by atoms with Gasteiger partial charge in [-0.1, -0.05) is 6.92 Å². The van der Waals surface area contributed by atoms with Crippen molar-refractivity contribution in [1.82, 2.24) is 4.90 Å². The fourth-order valence-electron chi connectivity index (χ4n) is 3.55. The molecule has 1 aliphatic heterocycles. The molecule has 0 radical (unpaired) electrons. The summed E-state index contributed by atoms with van der Waals surface area (Å²) in [4.78, 5) is 2.75. The Morgan fingerprint density at radius 1 is 0.857 bits per heavy atom. The highest BCUT2D eigenvalue weighted by molar-refractivity contribution is 4.90. The van der Waals surface area contributed by atoms with Gasteiger partial charge in [-0.2, -0.15) is 0 Å². The van der Waals surface area contributed by atoms with E-state index in [0.717, 1.165) is 23.8 Å². The number of likely N-dealkylation sites (tertiary alicyclic amines) is 1. The number of hydrogen-bond acceptors (Lipinski definition) is 1. The lowest BCUT2D eigenvalue weighted by molar-refractivity contribution is 0.0730. The van der Waals surface area contributed by atoms with Crippen molar-refractivity contribution in [2.75, 3.05) is 13.1 Å². The van der Waals surface area contributed by atoms with Crippen LogP contribution in [0.2, 0.25) is 0 Å². The lowest BCUT2D eigenvalue weighted by atomic mass is 9.67. The minimum absolute atomic E-state index is 1.01. The number of hydrogen-bond donors (Lipinski definition) is 0. The van der Waals surface area contributed by atoms with Gasteiger partial charge in [-0.3, -0.25) is 0 Å². The average Bonchev–Trinajstić information content (AvgIpc) is 2.97. The van der Waals surface area contributed by atoms with Crippen molar-refractivity contribution in [3.63, 3.8) is 0 Å². The van der Waals surface area contributed by atoms with E-state index in [-0.39, 0.29) is 0 Å². The first-order valence-corrected chi connectivity index (χ1v) is 6.57. The highest BCUT2D eigenvalue weighted by Gasteiger charge is 2.37. The molecule has 1 heteroatoms. The van der Waals surface area contributed by atoms with Crippen LogP contribution in [0, 0.1) is 17.8 Å². The van der Waals surface area contributed by atoms with Crippen LogP contribution in [0.25, 0.3) is 0 Å². The molecule has 14 heavy (non-hydrogen) atoms. The Bertz CT molecular complexity index is 195. The van der Waals surface area contributed by atoms with Crippen molar-refractivity contribution < 1.29 is 0 Å². The van der Waals surface area contributed by atoms with E-state index in [1.54, 1.807) is 0 Å². The maximum Gasteiger partial charge on any atom is 0.00964 e. The van der Waals surface area contributed by atoms with E-state index in [1.165, 1.54) is 51.6 Å². The summed E-state index contributed by atoms with van der Waals surface area (Å²) in [5, 5.41) is 0. The molecule has 80 valence electrons. The van der Waals surface area contributed by atoms with E-state index in [1.807, 2.05) is 0 Å². The van der Waals surface area contributed by atoms with Crippen LogP contribution < -0.4 is 0 Å². The van der Waals surface area contributed by atoms with Gasteiger partial charge in [0.1, 0.15) is 0 Å². The summed E-state index contributed by atoms with van der Waals surface area (Å²) in [6, 6.07) is 1.01. The number of rotatable bonds is 2. The molecule has 0 aromatic heterocycles. The van der Waals surface area contributed by atoms with Crippen LogP contribution in [0.1, 0.15) is 45.4 Å². The van der Waals surface area contributed by atoms with Crippen LogP contribution >= 0.6 is 0 Å². The van der Waals surface area contributed by atoms with E-state index >= 15 is 0 Å². The summed E-state index contributed by atoms with van der Waals surface area (Å²) < 4.78 is 0. The minimum atomic E-state index is 1.01. The van der Waals surface area contributed by atoms with E-state index < -0.39 is 0 Å². The summed E-state index contributed by atoms with van der Waals surface area (Å²) in [5.74, 6) is 3.26. The van der Waals surface area contributed by atoms with Crippen molar-refractivity contribution in [2.24, 2.45) is 17.8 Å². The lowest BCUT2D eigenvalue weighted by Crippen LogP contribution is -2.40. The third-order valence-electron chi connectivity index (χ3n) is 4.71. The summed E-state index contributed by atoms with van der Waals surface area (Å²) in [7, 11) is 0. The Hall–Kier alpha value is -0.0400. The third-order valence-corrected chi connectivity index (χ3v) is 4.71. The van der Waals surface area contributed by atoms with E-state index in [0.29, 0.717) is 0 Å². The fraction of sp³-hybridized carbons (Fsp3) is 1.00. The van der Waals surface area contributed by atoms with Gasteiger partial charge < -0.3 is 4.90 Å². The Balaban J connectivity index is 1.45. The summed E-state index contributed by atoms with van der Waals surface area (Å²) in [6.07, 6.45) is 9.07. The first kappa shape index (κ1) is 9.21. The van der Waals surface area contributed by atoms with Crippen molar-refractivity contribution in [2.45, 2.75) is 51.5 Å². The van der Waals surface area contributed by atoms with Crippen molar-refractivity contribution in [3.8, 4) is 0 Å². The van der Waals surface area contributed by atoms with Gasteiger partial charge in [0.25, 0.3) is 0 Å². The quantitative estimate of drug-likeness (QED) is 0.652. The predicted octanol–water partition coefficient (Wildman–Crippen LogP) is 2.91. The van der Waals surface area contributed by atoms with Crippen LogP contribution in [-0.2, 0) is 0 Å². The second kappa shape index (κ2) is 3.52. The standard InChI is InChI=1S/C13H23N/c1-10-8-12(9-10)11-4-6-14(7-5-11)13-2-3-13/h10-13H,2-9H2,1H3/t10-,12-. The van der Waals surface area contributed by atoms with Gasteiger partial charge in [-0.15, -0.1) is 0 Å².